The number of carbonyl (C=O) groups is 4. The molecule has 4 N–H and O–H groups in total. The Morgan fingerprint density at radius 3 is 2.14 bits per heavy atom. The lowest BCUT2D eigenvalue weighted by atomic mass is 10.1. The number of nitrogens with one attached hydrogen (secondary N) is 3. The van der Waals surface area contributed by atoms with Gasteiger partial charge in [-0.05, 0) is 79.2 Å². The average Bonchev–Trinajstić information content (AvgIpc) is 2.99. The van der Waals surface area contributed by atoms with Crippen LogP contribution >= 0.6 is 23.4 Å². The zero-order valence-electron chi connectivity index (χ0n) is 22.3. The Morgan fingerprint density at radius 2 is 1.45 bits per heavy atom. The van der Waals surface area contributed by atoms with Crippen molar-refractivity contribution in [2.75, 3.05) is 10.6 Å². The maximum Gasteiger partial charge on any atom is 0.335 e. The van der Waals surface area contributed by atoms with Gasteiger partial charge in [0, 0.05) is 26.9 Å². The van der Waals surface area contributed by atoms with Crippen molar-refractivity contribution >= 4 is 64.5 Å². The van der Waals surface area contributed by atoms with Crippen LogP contribution in [-0.4, -0.2) is 34.0 Å². The highest BCUT2D eigenvalue weighted by Crippen LogP contribution is 2.26. The van der Waals surface area contributed by atoms with E-state index in [1.165, 1.54) is 30.0 Å². The first-order valence-electron chi connectivity index (χ1n) is 12.7. The van der Waals surface area contributed by atoms with Crippen LogP contribution in [0.1, 0.15) is 33.2 Å². The molecule has 1 atom stereocenters. The van der Waals surface area contributed by atoms with Crippen molar-refractivity contribution in [2.45, 2.75) is 17.1 Å². The van der Waals surface area contributed by atoms with Crippen LogP contribution in [0.3, 0.4) is 0 Å². The first-order chi connectivity index (χ1) is 20.2. The number of carboxylic acids is 1. The zero-order chi connectivity index (χ0) is 30.1. The highest BCUT2D eigenvalue weighted by Gasteiger charge is 2.17. The first-order valence-corrected chi connectivity index (χ1v) is 14.0. The van der Waals surface area contributed by atoms with E-state index in [0.717, 1.165) is 4.90 Å². The number of benzene rings is 4. The van der Waals surface area contributed by atoms with E-state index in [1.54, 1.807) is 97.9 Å². The summed E-state index contributed by atoms with van der Waals surface area (Å²) in [6.45, 7) is 1.73. The Kier molecular flexibility index (Phi) is 10.1. The fourth-order valence-corrected chi connectivity index (χ4v) is 4.79. The summed E-state index contributed by atoms with van der Waals surface area (Å²) in [5.41, 5.74) is 1.91. The minimum absolute atomic E-state index is 0.00710. The van der Waals surface area contributed by atoms with Gasteiger partial charge in [-0.15, -0.1) is 11.8 Å². The third-order valence-electron chi connectivity index (χ3n) is 5.91. The number of amides is 3. The summed E-state index contributed by atoms with van der Waals surface area (Å²) in [7, 11) is 0. The minimum atomic E-state index is -1.08. The number of aromatic carboxylic acids is 1. The smallest absolute Gasteiger partial charge is 0.335 e. The van der Waals surface area contributed by atoms with Gasteiger partial charge in [-0.3, -0.25) is 14.4 Å². The molecule has 42 heavy (non-hydrogen) atoms. The summed E-state index contributed by atoms with van der Waals surface area (Å²) < 4.78 is 0. The quantitative estimate of drug-likeness (QED) is 0.121. The van der Waals surface area contributed by atoms with Crippen LogP contribution in [0.5, 0.6) is 0 Å². The summed E-state index contributed by atoms with van der Waals surface area (Å²) in [6.07, 6.45) is 1.51. The molecule has 0 bridgehead atoms. The van der Waals surface area contributed by atoms with E-state index in [2.05, 4.69) is 16.0 Å². The number of carbonyl (C=O) groups excluding carboxylic acids is 3. The van der Waals surface area contributed by atoms with Crippen molar-refractivity contribution < 1.29 is 24.3 Å². The third-order valence-corrected chi connectivity index (χ3v) is 7.36. The van der Waals surface area contributed by atoms with E-state index in [1.807, 2.05) is 0 Å². The summed E-state index contributed by atoms with van der Waals surface area (Å²) in [6, 6.07) is 28.4. The van der Waals surface area contributed by atoms with Gasteiger partial charge in [-0.25, -0.2) is 4.79 Å². The Morgan fingerprint density at radius 1 is 0.786 bits per heavy atom. The molecule has 10 heteroatoms. The van der Waals surface area contributed by atoms with Crippen molar-refractivity contribution in [1.29, 1.82) is 0 Å². The average molecular weight is 600 g/mol. The van der Waals surface area contributed by atoms with Crippen LogP contribution in [0.2, 0.25) is 5.02 Å². The number of halogens is 1. The molecule has 0 radical (unpaired) electrons. The third kappa shape index (κ3) is 8.33. The predicted octanol–water partition coefficient (Wildman–Crippen LogP) is 6.57. The van der Waals surface area contributed by atoms with Crippen LogP contribution in [0.25, 0.3) is 6.08 Å². The Bertz CT molecular complexity index is 1640. The summed E-state index contributed by atoms with van der Waals surface area (Å²) in [4.78, 5) is 50.7. The normalized spacial score (nSPS) is 11.7. The number of thioether (sulfide) groups is 1. The van der Waals surface area contributed by atoms with Crippen molar-refractivity contribution in [2.24, 2.45) is 0 Å². The molecule has 212 valence electrons. The van der Waals surface area contributed by atoms with E-state index in [9.17, 15) is 19.2 Å². The largest absolute Gasteiger partial charge is 0.478 e. The van der Waals surface area contributed by atoms with Crippen LogP contribution in [-0.2, 0) is 9.59 Å². The summed E-state index contributed by atoms with van der Waals surface area (Å²) in [5, 5.41) is 17.3. The molecule has 0 fully saturated rings. The monoisotopic (exact) mass is 599 g/mol. The van der Waals surface area contributed by atoms with E-state index in [4.69, 9.17) is 16.7 Å². The molecule has 1 unspecified atom stereocenters. The summed E-state index contributed by atoms with van der Waals surface area (Å²) in [5.74, 6) is -2.36. The molecule has 0 heterocycles. The second-order valence-corrected chi connectivity index (χ2v) is 10.8. The summed E-state index contributed by atoms with van der Waals surface area (Å²) >= 11 is 7.59. The Balaban J connectivity index is 1.43. The number of rotatable bonds is 10. The lowest BCUT2D eigenvalue weighted by molar-refractivity contribution is -0.115. The molecule has 0 aliphatic heterocycles. The Hall–Kier alpha value is -4.86. The van der Waals surface area contributed by atoms with E-state index >= 15 is 0 Å². The molecule has 0 spiro atoms. The number of hydrogen-bond acceptors (Lipinski definition) is 5. The van der Waals surface area contributed by atoms with Gasteiger partial charge >= 0.3 is 5.97 Å². The van der Waals surface area contributed by atoms with Gasteiger partial charge in [0.05, 0.1) is 10.8 Å². The fourth-order valence-electron chi connectivity index (χ4n) is 3.74. The van der Waals surface area contributed by atoms with Crippen LogP contribution < -0.4 is 16.0 Å². The SMILES string of the molecule is CC(Sc1ccc(NC(=O)/C(=C/c2ccccc2Cl)NC(=O)c2ccccc2)cc1)C(=O)Nc1cccc(C(=O)O)c1. The second kappa shape index (κ2) is 14.2. The lowest BCUT2D eigenvalue weighted by Crippen LogP contribution is -2.30. The van der Waals surface area contributed by atoms with E-state index in [0.29, 0.717) is 27.5 Å². The highest BCUT2D eigenvalue weighted by atomic mass is 35.5. The number of carboxylic acid groups (broad SMARTS) is 1. The van der Waals surface area contributed by atoms with Crippen molar-refractivity contribution in [3.8, 4) is 0 Å². The van der Waals surface area contributed by atoms with Crippen molar-refractivity contribution in [1.82, 2.24) is 5.32 Å². The molecule has 3 amide bonds. The molecule has 4 aromatic rings. The fraction of sp³-hybridized carbons (Fsp3) is 0.0625. The molecule has 0 saturated heterocycles. The molecule has 4 aromatic carbocycles. The van der Waals surface area contributed by atoms with Crippen LogP contribution in [0.4, 0.5) is 11.4 Å². The van der Waals surface area contributed by atoms with Gasteiger partial charge in [0.25, 0.3) is 11.8 Å². The molecule has 8 nitrogen and oxygen atoms in total. The predicted molar refractivity (Wildman–Crippen MR) is 166 cm³/mol. The topological polar surface area (TPSA) is 125 Å². The van der Waals surface area contributed by atoms with Gasteiger partial charge in [0.15, 0.2) is 0 Å². The van der Waals surface area contributed by atoms with E-state index in [-0.39, 0.29) is 17.2 Å². The van der Waals surface area contributed by atoms with Crippen LogP contribution in [0.15, 0.2) is 114 Å². The molecule has 0 aromatic heterocycles. The molecule has 0 saturated carbocycles. The lowest BCUT2D eigenvalue weighted by Gasteiger charge is -2.14. The van der Waals surface area contributed by atoms with E-state index < -0.39 is 23.0 Å². The van der Waals surface area contributed by atoms with Crippen LogP contribution in [0, 0.1) is 0 Å². The molecule has 0 aliphatic rings. The number of anilines is 2. The van der Waals surface area contributed by atoms with Gasteiger partial charge in [-0.1, -0.05) is 54.1 Å². The zero-order valence-corrected chi connectivity index (χ0v) is 23.9. The van der Waals surface area contributed by atoms with Gasteiger partial charge in [-0.2, -0.15) is 0 Å². The van der Waals surface area contributed by atoms with Gasteiger partial charge in [0.1, 0.15) is 5.70 Å². The van der Waals surface area contributed by atoms with Gasteiger partial charge in [0.2, 0.25) is 5.91 Å². The first kappa shape index (κ1) is 30.1. The second-order valence-electron chi connectivity index (χ2n) is 9.01. The molecular formula is C32H26ClN3O5S. The van der Waals surface area contributed by atoms with Crippen molar-refractivity contribution in [3.05, 3.63) is 131 Å². The maximum absolute atomic E-state index is 13.3. The van der Waals surface area contributed by atoms with Gasteiger partial charge < -0.3 is 21.1 Å². The van der Waals surface area contributed by atoms with Crippen molar-refractivity contribution in [3.63, 3.8) is 0 Å². The number of hydrogen-bond donors (Lipinski definition) is 4. The molecule has 4 rings (SSSR count). The Labute approximate surface area is 251 Å². The highest BCUT2D eigenvalue weighted by molar-refractivity contribution is 8.00. The molecule has 0 aliphatic carbocycles. The minimum Gasteiger partial charge on any atom is -0.478 e. The standard InChI is InChI=1S/C32H26ClN3O5S/c1-20(29(37)35-25-12-7-11-23(18-25)32(40)41)42-26-16-14-24(15-17-26)34-31(39)28(19-22-10-5-6-13-27(22)33)36-30(38)21-8-3-2-4-9-21/h2-20H,1H3,(H,34,39)(H,35,37)(H,36,38)(H,40,41)/b28-19-. The molecular weight excluding hydrogens is 574 g/mol. The maximum atomic E-state index is 13.3.